The van der Waals surface area contributed by atoms with Gasteiger partial charge in [-0.25, -0.2) is 0 Å². The van der Waals surface area contributed by atoms with Crippen LogP contribution in [0.15, 0.2) is 30.3 Å². The number of rotatable bonds is 5. The van der Waals surface area contributed by atoms with E-state index in [0.717, 1.165) is 45.0 Å². The lowest BCUT2D eigenvalue weighted by Gasteiger charge is -2.27. The van der Waals surface area contributed by atoms with Crippen LogP contribution < -0.4 is 0 Å². The zero-order valence-corrected chi connectivity index (χ0v) is 18.4. The van der Waals surface area contributed by atoms with Crippen molar-refractivity contribution in [1.82, 2.24) is 19.6 Å². The lowest BCUT2D eigenvalue weighted by Crippen LogP contribution is -2.36. The Balaban J connectivity index is 1.28. The van der Waals surface area contributed by atoms with Crippen LogP contribution in [0.3, 0.4) is 0 Å². The first-order valence-electron chi connectivity index (χ1n) is 10.5. The number of aliphatic hydroxyl groups is 1. The van der Waals surface area contributed by atoms with E-state index in [0.29, 0.717) is 5.92 Å². The summed E-state index contributed by atoms with van der Waals surface area (Å²) in [6.07, 6.45) is 0. The van der Waals surface area contributed by atoms with E-state index in [2.05, 4.69) is 59.1 Å². The molecule has 6 heteroatoms. The Morgan fingerprint density at radius 2 is 1.86 bits per heavy atom. The van der Waals surface area contributed by atoms with Gasteiger partial charge in [-0.15, -0.1) is 11.3 Å². The summed E-state index contributed by atoms with van der Waals surface area (Å²) in [6, 6.07) is 11.0. The van der Waals surface area contributed by atoms with Gasteiger partial charge >= 0.3 is 0 Å². The predicted molar refractivity (Wildman–Crippen MR) is 118 cm³/mol. The number of aliphatic hydroxyl groups excluding tert-OH is 1. The van der Waals surface area contributed by atoms with Gasteiger partial charge in [-0.05, 0) is 37.3 Å². The number of aromatic nitrogens is 2. The van der Waals surface area contributed by atoms with E-state index in [1.807, 2.05) is 23.1 Å². The Kier molecular flexibility index (Phi) is 4.78. The molecule has 2 saturated heterocycles. The van der Waals surface area contributed by atoms with Gasteiger partial charge in [-0.3, -0.25) is 14.5 Å². The van der Waals surface area contributed by atoms with Crippen LogP contribution in [-0.2, 0) is 20.1 Å². The Hall–Kier alpha value is -1.73. The van der Waals surface area contributed by atoms with Crippen LogP contribution >= 0.6 is 11.3 Å². The number of thiophene rings is 1. The predicted octanol–water partition coefficient (Wildman–Crippen LogP) is 3.18. The molecular formula is C23H30N4OS. The standard InChI is InChI=1S/C23H30N4OS/c1-16-21(17(2)25(3)24-16)12-27-10-19-9-26(13-23(19,14-27)15-28)11-20-8-18-6-4-5-7-22(18)29-20/h4-8,19,28H,9-15H2,1-3H3. The smallest absolute Gasteiger partial charge is 0.0641 e. The minimum Gasteiger partial charge on any atom is -0.396 e. The molecule has 5 nitrogen and oxygen atoms in total. The third kappa shape index (κ3) is 3.32. The molecule has 29 heavy (non-hydrogen) atoms. The van der Waals surface area contributed by atoms with Gasteiger partial charge < -0.3 is 5.11 Å². The van der Waals surface area contributed by atoms with Crippen LogP contribution in [0.2, 0.25) is 0 Å². The maximum absolute atomic E-state index is 10.4. The molecule has 0 bridgehead atoms. The van der Waals surface area contributed by atoms with Gasteiger partial charge in [0, 0.05) is 72.6 Å². The van der Waals surface area contributed by atoms with E-state index in [1.165, 1.54) is 26.2 Å². The van der Waals surface area contributed by atoms with Crippen molar-refractivity contribution in [3.8, 4) is 0 Å². The molecule has 2 fully saturated rings. The topological polar surface area (TPSA) is 44.5 Å². The summed E-state index contributed by atoms with van der Waals surface area (Å²) in [4.78, 5) is 6.52. The van der Waals surface area contributed by atoms with Crippen molar-refractivity contribution in [3.63, 3.8) is 0 Å². The first-order valence-corrected chi connectivity index (χ1v) is 11.3. The lowest BCUT2D eigenvalue weighted by atomic mass is 9.82. The van der Waals surface area contributed by atoms with Crippen molar-refractivity contribution in [2.24, 2.45) is 18.4 Å². The van der Waals surface area contributed by atoms with Gasteiger partial charge in [0.05, 0.1) is 12.3 Å². The van der Waals surface area contributed by atoms with Crippen molar-refractivity contribution in [1.29, 1.82) is 0 Å². The molecule has 2 aliphatic heterocycles. The van der Waals surface area contributed by atoms with Crippen LogP contribution in [0.25, 0.3) is 10.1 Å². The summed E-state index contributed by atoms with van der Waals surface area (Å²) in [7, 11) is 2.02. The van der Waals surface area contributed by atoms with Crippen LogP contribution in [0.4, 0.5) is 0 Å². The average molecular weight is 411 g/mol. The maximum Gasteiger partial charge on any atom is 0.0641 e. The van der Waals surface area contributed by atoms with E-state index in [9.17, 15) is 5.11 Å². The fourth-order valence-corrected chi connectivity index (χ4v) is 6.58. The molecule has 0 radical (unpaired) electrons. The number of nitrogens with zero attached hydrogens (tertiary/aromatic N) is 4. The number of hydrogen-bond donors (Lipinski definition) is 1. The summed E-state index contributed by atoms with van der Waals surface area (Å²) in [6.45, 7) is 10.6. The second-order valence-corrected chi connectivity index (χ2v) is 10.2. The largest absolute Gasteiger partial charge is 0.396 e. The van der Waals surface area contributed by atoms with Crippen LogP contribution in [0.1, 0.15) is 21.8 Å². The number of likely N-dealkylation sites (tertiary alicyclic amines) is 2. The highest BCUT2D eigenvalue weighted by Crippen LogP contribution is 2.43. The molecule has 0 amide bonds. The highest BCUT2D eigenvalue weighted by Gasteiger charge is 2.51. The summed E-state index contributed by atoms with van der Waals surface area (Å²) >= 11 is 1.90. The van der Waals surface area contributed by atoms with E-state index in [-0.39, 0.29) is 12.0 Å². The highest BCUT2D eigenvalue weighted by atomic mass is 32.1. The van der Waals surface area contributed by atoms with E-state index < -0.39 is 0 Å². The quantitative estimate of drug-likeness (QED) is 0.702. The molecule has 2 atom stereocenters. The minimum atomic E-state index is 0.0146. The molecule has 2 aliphatic rings. The van der Waals surface area contributed by atoms with Gasteiger partial charge in [0.15, 0.2) is 0 Å². The van der Waals surface area contributed by atoms with E-state index in [1.54, 1.807) is 0 Å². The monoisotopic (exact) mass is 410 g/mol. The van der Waals surface area contributed by atoms with Gasteiger partial charge in [0.2, 0.25) is 0 Å². The summed E-state index contributed by atoms with van der Waals surface area (Å²) in [5, 5.41) is 16.3. The third-order valence-corrected chi connectivity index (χ3v) is 8.21. The van der Waals surface area contributed by atoms with Crippen LogP contribution in [0, 0.1) is 25.2 Å². The number of benzene rings is 1. The fraction of sp³-hybridized carbons (Fsp3) is 0.522. The zero-order chi connectivity index (χ0) is 20.2. The molecule has 0 spiro atoms. The van der Waals surface area contributed by atoms with Gasteiger partial charge in [0.25, 0.3) is 0 Å². The Morgan fingerprint density at radius 1 is 1.14 bits per heavy atom. The first kappa shape index (κ1) is 19.2. The Bertz CT molecular complexity index is 1010. The second-order valence-electron chi connectivity index (χ2n) is 9.08. The molecule has 1 aromatic carbocycles. The third-order valence-electron chi connectivity index (χ3n) is 7.11. The van der Waals surface area contributed by atoms with Crippen LogP contribution in [-0.4, -0.2) is 57.5 Å². The first-order chi connectivity index (χ1) is 14.0. The normalized spacial score (nSPS) is 25.3. The van der Waals surface area contributed by atoms with Crippen molar-refractivity contribution in [3.05, 3.63) is 52.2 Å². The summed E-state index contributed by atoms with van der Waals surface area (Å²) < 4.78 is 3.35. The molecule has 5 rings (SSSR count). The summed E-state index contributed by atoms with van der Waals surface area (Å²) in [5.74, 6) is 0.541. The average Bonchev–Trinajstić information content (AvgIpc) is 3.39. The van der Waals surface area contributed by atoms with Gasteiger partial charge in [-0.1, -0.05) is 18.2 Å². The molecule has 154 valence electrons. The number of hydrogen-bond acceptors (Lipinski definition) is 5. The minimum absolute atomic E-state index is 0.0146. The molecular weight excluding hydrogens is 380 g/mol. The fourth-order valence-electron chi connectivity index (χ4n) is 5.47. The van der Waals surface area contributed by atoms with Crippen molar-refractivity contribution in [2.75, 3.05) is 32.8 Å². The van der Waals surface area contributed by atoms with Crippen molar-refractivity contribution < 1.29 is 5.11 Å². The van der Waals surface area contributed by atoms with E-state index >= 15 is 0 Å². The van der Waals surface area contributed by atoms with Crippen molar-refractivity contribution in [2.45, 2.75) is 26.9 Å². The Morgan fingerprint density at radius 3 is 2.48 bits per heavy atom. The molecule has 0 aliphatic carbocycles. The summed E-state index contributed by atoms with van der Waals surface area (Å²) in [5.41, 5.74) is 3.75. The lowest BCUT2D eigenvalue weighted by molar-refractivity contribution is 0.110. The SMILES string of the molecule is Cc1nn(C)c(C)c1CN1CC2CN(Cc3cc4ccccc4s3)CC2(CO)C1. The van der Waals surface area contributed by atoms with Crippen LogP contribution in [0.5, 0.6) is 0 Å². The second kappa shape index (κ2) is 7.20. The molecule has 0 saturated carbocycles. The van der Waals surface area contributed by atoms with Gasteiger partial charge in [0.1, 0.15) is 0 Å². The molecule has 2 aromatic heterocycles. The number of aryl methyl sites for hydroxylation is 2. The number of fused-ring (bicyclic) bond motifs is 2. The maximum atomic E-state index is 10.4. The van der Waals surface area contributed by atoms with Gasteiger partial charge in [-0.2, -0.15) is 5.10 Å². The highest BCUT2D eigenvalue weighted by molar-refractivity contribution is 7.19. The zero-order valence-electron chi connectivity index (χ0n) is 17.6. The molecule has 3 aromatic rings. The molecule has 2 unspecified atom stereocenters. The van der Waals surface area contributed by atoms with E-state index in [4.69, 9.17) is 0 Å². The molecule has 1 N–H and O–H groups in total. The van der Waals surface area contributed by atoms with Crippen molar-refractivity contribution >= 4 is 21.4 Å². The Labute approximate surface area is 176 Å². The molecule has 4 heterocycles.